The number of aliphatic carboxylic acids is 1. The van der Waals surface area contributed by atoms with Crippen LogP contribution >= 0.6 is 0 Å². The van der Waals surface area contributed by atoms with Crippen LogP contribution in [0.25, 0.3) is 0 Å². The number of hydrogen-bond acceptors (Lipinski definition) is 5. The minimum absolute atomic E-state index is 0.216. The van der Waals surface area contributed by atoms with Crippen LogP contribution in [0.2, 0.25) is 0 Å². The van der Waals surface area contributed by atoms with Gasteiger partial charge in [0.25, 0.3) is 0 Å². The number of aliphatic hydroxyl groups excluding tert-OH is 2. The molecule has 2 atom stereocenters. The molecule has 0 rings (SSSR count). The maximum Gasteiger partial charge on any atom is 0.330 e. The van der Waals surface area contributed by atoms with E-state index < -0.39 is 18.2 Å². The molecule has 0 aliphatic heterocycles. The van der Waals surface area contributed by atoms with Gasteiger partial charge in [-0.25, -0.2) is 4.79 Å². The number of rotatable bonds is 14. The van der Waals surface area contributed by atoms with Crippen molar-refractivity contribution in [2.45, 2.75) is 51.2 Å². The van der Waals surface area contributed by atoms with Crippen molar-refractivity contribution in [1.82, 2.24) is 0 Å². The lowest BCUT2D eigenvalue weighted by Gasteiger charge is -2.09. The topological polar surface area (TPSA) is 96.2 Å². The van der Waals surface area contributed by atoms with E-state index in [1.54, 1.807) is 0 Å². The van der Waals surface area contributed by atoms with Crippen molar-refractivity contribution in [1.29, 1.82) is 0 Å². The van der Waals surface area contributed by atoms with Crippen molar-refractivity contribution in [2.24, 2.45) is 0 Å². The number of ether oxygens (including phenoxy) is 2. The Kier molecular flexibility index (Phi) is 13.1. The van der Waals surface area contributed by atoms with Gasteiger partial charge in [-0.05, 0) is 33.1 Å². The van der Waals surface area contributed by atoms with Crippen molar-refractivity contribution in [3.63, 3.8) is 0 Å². The molecule has 0 aromatic heterocycles. The van der Waals surface area contributed by atoms with Gasteiger partial charge in [-0.1, -0.05) is 18.9 Å². The molecule has 0 saturated carbocycles. The SMILES string of the molecule is [CH2]C(O)COCCCCCCOCC(O)CC=C(C)C(=O)O. The highest BCUT2D eigenvalue weighted by atomic mass is 16.5. The minimum Gasteiger partial charge on any atom is -0.478 e. The summed E-state index contributed by atoms with van der Waals surface area (Å²) in [6.07, 6.45) is 4.35. The Hall–Kier alpha value is -0.950. The molecule has 0 aromatic rings. The van der Waals surface area contributed by atoms with Crippen LogP contribution in [0, 0.1) is 6.92 Å². The van der Waals surface area contributed by atoms with Crippen molar-refractivity contribution in [2.75, 3.05) is 26.4 Å². The number of carboxylic acid groups (broad SMARTS) is 1. The van der Waals surface area contributed by atoms with Crippen LogP contribution in [-0.4, -0.2) is 59.9 Å². The largest absolute Gasteiger partial charge is 0.478 e. The molecule has 0 aliphatic rings. The second kappa shape index (κ2) is 13.7. The van der Waals surface area contributed by atoms with Crippen LogP contribution in [0.1, 0.15) is 39.0 Å². The molecule has 0 heterocycles. The fourth-order valence-electron chi connectivity index (χ4n) is 1.67. The summed E-state index contributed by atoms with van der Waals surface area (Å²) in [4.78, 5) is 10.6. The molecule has 0 amide bonds. The first-order chi connectivity index (χ1) is 10.4. The van der Waals surface area contributed by atoms with Gasteiger partial charge in [0.05, 0.1) is 25.4 Å². The normalized spacial score (nSPS) is 14.8. The number of hydrogen-bond donors (Lipinski definition) is 3. The Labute approximate surface area is 132 Å². The van der Waals surface area contributed by atoms with Crippen LogP contribution in [0.5, 0.6) is 0 Å². The summed E-state index contributed by atoms with van der Waals surface area (Å²) in [5.41, 5.74) is 0.229. The van der Waals surface area contributed by atoms with Gasteiger partial charge in [0.2, 0.25) is 0 Å². The predicted octanol–water partition coefficient (Wildman–Crippen LogP) is 1.56. The third-order valence-electron chi connectivity index (χ3n) is 2.98. The highest BCUT2D eigenvalue weighted by Crippen LogP contribution is 2.03. The van der Waals surface area contributed by atoms with E-state index in [1.807, 2.05) is 0 Å². The summed E-state index contributed by atoms with van der Waals surface area (Å²) in [7, 11) is 0. The van der Waals surface area contributed by atoms with E-state index in [-0.39, 0.29) is 25.2 Å². The van der Waals surface area contributed by atoms with Gasteiger partial charge >= 0.3 is 5.97 Å². The molecule has 0 fully saturated rings. The summed E-state index contributed by atoms with van der Waals surface area (Å²) >= 11 is 0. The highest BCUT2D eigenvalue weighted by Gasteiger charge is 2.05. The Bertz CT molecular complexity index is 314. The van der Waals surface area contributed by atoms with Crippen LogP contribution in [0.3, 0.4) is 0 Å². The van der Waals surface area contributed by atoms with E-state index in [1.165, 1.54) is 13.0 Å². The Balaban J connectivity index is 3.35. The number of carboxylic acids is 1. The zero-order chi connectivity index (χ0) is 16.8. The van der Waals surface area contributed by atoms with E-state index in [9.17, 15) is 9.90 Å². The third kappa shape index (κ3) is 14.0. The summed E-state index contributed by atoms with van der Waals surface area (Å²) < 4.78 is 10.5. The third-order valence-corrected chi connectivity index (χ3v) is 2.98. The van der Waals surface area contributed by atoms with Gasteiger partial charge in [0.15, 0.2) is 0 Å². The molecule has 0 aromatic carbocycles. The molecule has 6 nitrogen and oxygen atoms in total. The van der Waals surface area contributed by atoms with Crippen molar-refractivity contribution in [3.8, 4) is 0 Å². The first kappa shape index (κ1) is 21.0. The average Bonchev–Trinajstić information content (AvgIpc) is 2.46. The fourth-order valence-corrected chi connectivity index (χ4v) is 1.67. The van der Waals surface area contributed by atoms with Gasteiger partial charge in [0.1, 0.15) is 0 Å². The lowest BCUT2D eigenvalue weighted by molar-refractivity contribution is -0.132. The first-order valence-corrected chi connectivity index (χ1v) is 7.68. The number of aliphatic hydroxyl groups is 2. The van der Waals surface area contributed by atoms with Crippen LogP contribution in [0.4, 0.5) is 0 Å². The number of unbranched alkanes of at least 4 members (excludes halogenated alkanes) is 3. The van der Waals surface area contributed by atoms with Gasteiger partial charge < -0.3 is 24.8 Å². The molecule has 3 N–H and O–H groups in total. The summed E-state index contributed by atoms with van der Waals surface area (Å²) in [5, 5.41) is 27.2. The molecule has 0 saturated heterocycles. The lowest BCUT2D eigenvalue weighted by Crippen LogP contribution is -2.15. The molecule has 22 heavy (non-hydrogen) atoms. The van der Waals surface area contributed by atoms with Gasteiger partial charge in [-0.15, -0.1) is 0 Å². The molecule has 0 aliphatic carbocycles. The lowest BCUT2D eigenvalue weighted by atomic mass is 10.2. The Morgan fingerprint density at radius 3 is 2.14 bits per heavy atom. The second-order valence-corrected chi connectivity index (χ2v) is 5.30. The molecule has 0 bridgehead atoms. The standard InChI is InChI=1S/C16H29O6/c1-13(16(19)20)7-8-15(18)12-22-10-6-4-3-5-9-21-11-14(2)17/h7,14-15,17-18H,2-6,8-12H2,1H3,(H,19,20). The fraction of sp³-hybridized carbons (Fsp3) is 0.750. The van der Waals surface area contributed by atoms with Crippen molar-refractivity contribution in [3.05, 3.63) is 18.6 Å². The summed E-state index contributed by atoms with van der Waals surface area (Å²) in [5.74, 6) is -0.971. The zero-order valence-corrected chi connectivity index (χ0v) is 13.4. The van der Waals surface area contributed by atoms with Crippen LogP contribution in [-0.2, 0) is 14.3 Å². The monoisotopic (exact) mass is 317 g/mol. The second-order valence-electron chi connectivity index (χ2n) is 5.30. The highest BCUT2D eigenvalue weighted by molar-refractivity contribution is 5.85. The Morgan fingerprint density at radius 1 is 1.09 bits per heavy atom. The van der Waals surface area contributed by atoms with Gasteiger partial charge in [0, 0.05) is 18.8 Å². The quantitative estimate of drug-likeness (QED) is 0.332. The van der Waals surface area contributed by atoms with E-state index in [4.69, 9.17) is 19.7 Å². The molecule has 0 spiro atoms. The van der Waals surface area contributed by atoms with E-state index in [2.05, 4.69) is 6.92 Å². The predicted molar refractivity (Wildman–Crippen MR) is 83.5 cm³/mol. The molecule has 2 unspecified atom stereocenters. The van der Waals surface area contributed by atoms with Crippen molar-refractivity contribution >= 4 is 5.97 Å². The maximum atomic E-state index is 10.6. The molecular formula is C16H29O6. The van der Waals surface area contributed by atoms with Crippen molar-refractivity contribution < 1.29 is 29.6 Å². The van der Waals surface area contributed by atoms with E-state index in [0.29, 0.717) is 13.2 Å². The smallest absolute Gasteiger partial charge is 0.330 e. The molecule has 6 heteroatoms. The summed E-state index contributed by atoms with van der Waals surface area (Å²) in [6, 6.07) is 0. The van der Waals surface area contributed by atoms with Gasteiger partial charge in [-0.3, -0.25) is 0 Å². The minimum atomic E-state index is -0.971. The summed E-state index contributed by atoms with van der Waals surface area (Å²) in [6.45, 7) is 6.61. The first-order valence-electron chi connectivity index (χ1n) is 7.68. The maximum absolute atomic E-state index is 10.6. The van der Waals surface area contributed by atoms with E-state index >= 15 is 0 Å². The average molecular weight is 317 g/mol. The van der Waals surface area contributed by atoms with Crippen LogP contribution in [0.15, 0.2) is 11.6 Å². The zero-order valence-electron chi connectivity index (χ0n) is 13.4. The van der Waals surface area contributed by atoms with E-state index in [0.717, 1.165) is 25.7 Å². The number of carbonyl (C=O) groups is 1. The Morgan fingerprint density at radius 2 is 1.64 bits per heavy atom. The van der Waals surface area contributed by atoms with Gasteiger partial charge in [-0.2, -0.15) is 0 Å². The molecule has 129 valence electrons. The molecular weight excluding hydrogens is 288 g/mol. The van der Waals surface area contributed by atoms with Crippen LogP contribution < -0.4 is 0 Å². The molecule has 1 radical (unpaired) electrons.